The minimum Gasteiger partial charge on any atom is -0.462 e. The predicted octanol–water partition coefficient (Wildman–Crippen LogP) is 3.15. The second-order valence-electron chi connectivity index (χ2n) is 6.17. The first kappa shape index (κ1) is 19.3. The van der Waals surface area contributed by atoms with Crippen LogP contribution in [0.3, 0.4) is 0 Å². The number of carbonyl (C=O) groups excluding carboxylic acids is 1. The van der Waals surface area contributed by atoms with Gasteiger partial charge in [0.15, 0.2) is 11.9 Å². The molecule has 9 heteroatoms. The molecule has 1 unspecified atom stereocenters. The fraction of sp³-hybridized carbons (Fsp3) is 0.211. The minimum absolute atomic E-state index is 0.0118. The molecule has 0 radical (unpaired) electrons. The van der Waals surface area contributed by atoms with E-state index in [-0.39, 0.29) is 17.5 Å². The number of rotatable bonds is 5. The van der Waals surface area contributed by atoms with Crippen molar-refractivity contribution in [3.05, 3.63) is 47.4 Å². The molecule has 2 heterocycles. The molecule has 142 valence electrons. The summed E-state index contributed by atoms with van der Waals surface area (Å²) in [7, 11) is 3.24. The van der Waals surface area contributed by atoms with Crippen LogP contribution in [-0.2, 0) is 4.79 Å². The van der Waals surface area contributed by atoms with Crippen molar-refractivity contribution in [2.75, 3.05) is 19.4 Å². The number of pyridine rings is 1. The largest absolute Gasteiger partial charge is 0.462 e. The van der Waals surface area contributed by atoms with Crippen molar-refractivity contribution in [1.82, 2.24) is 19.9 Å². The van der Waals surface area contributed by atoms with Gasteiger partial charge < -0.3 is 15.0 Å². The third kappa shape index (κ3) is 4.10. The highest BCUT2D eigenvalue weighted by Crippen LogP contribution is 2.26. The highest BCUT2D eigenvalue weighted by molar-refractivity contribution is 6.35. The fourth-order valence-corrected chi connectivity index (χ4v) is 2.74. The lowest BCUT2D eigenvalue weighted by Gasteiger charge is -2.18. The molecule has 0 aliphatic carbocycles. The summed E-state index contributed by atoms with van der Waals surface area (Å²) in [5.74, 6) is 0.570. The Morgan fingerprint density at radius 3 is 2.79 bits per heavy atom. The third-order valence-corrected chi connectivity index (χ3v) is 4.22. The van der Waals surface area contributed by atoms with Crippen LogP contribution in [0, 0.1) is 11.3 Å². The van der Waals surface area contributed by atoms with E-state index in [0.29, 0.717) is 16.7 Å². The molecule has 1 amide bonds. The van der Waals surface area contributed by atoms with Gasteiger partial charge in [0.25, 0.3) is 11.8 Å². The van der Waals surface area contributed by atoms with E-state index in [1.807, 2.05) is 24.3 Å². The maximum Gasteiger partial charge on any atom is 0.262 e. The second-order valence-corrected chi connectivity index (χ2v) is 6.58. The smallest absolute Gasteiger partial charge is 0.262 e. The van der Waals surface area contributed by atoms with Gasteiger partial charge in [-0.2, -0.15) is 10.2 Å². The molecule has 0 fully saturated rings. The van der Waals surface area contributed by atoms with E-state index >= 15 is 0 Å². The molecule has 0 aliphatic rings. The van der Waals surface area contributed by atoms with Crippen LogP contribution in [0.2, 0.25) is 5.02 Å². The molecule has 0 saturated heterocycles. The van der Waals surface area contributed by atoms with Crippen LogP contribution in [0.1, 0.15) is 12.6 Å². The Hall–Kier alpha value is -3.44. The quantitative estimate of drug-likeness (QED) is 0.706. The van der Waals surface area contributed by atoms with Crippen LogP contribution in [-0.4, -0.2) is 46.0 Å². The predicted molar refractivity (Wildman–Crippen MR) is 106 cm³/mol. The number of fused-ring (bicyclic) bond motifs is 1. The van der Waals surface area contributed by atoms with Gasteiger partial charge in [0, 0.05) is 30.7 Å². The first-order chi connectivity index (χ1) is 13.4. The average molecular weight is 397 g/mol. The van der Waals surface area contributed by atoms with Gasteiger partial charge in [0.2, 0.25) is 5.69 Å². The zero-order valence-corrected chi connectivity index (χ0v) is 16.2. The number of aromatic nitrogens is 3. The number of hydrogen-bond acceptors (Lipinski definition) is 7. The van der Waals surface area contributed by atoms with Gasteiger partial charge in [0.05, 0.1) is 6.20 Å². The average Bonchev–Trinajstić information content (AvgIpc) is 2.67. The molecule has 1 aromatic carbocycles. The maximum atomic E-state index is 12.0. The summed E-state index contributed by atoms with van der Waals surface area (Å²) >= 11 is 6.16. The highest BCUT2D eigenvalue weighted by atomic mass is 35.5. The van der Waals surface area contributed by atoms with Crippen LogP contribution in [0.15, 0.2) is 36.7 Å². The number of nitriles is 1. The SMILES string of the molecule is CC(Oc1nc(Nc2cc3cccc(Cl)c3cn2)cnc1C#N)C(=O)N(C)C. The lowest BCUT2D eigenvalue weighted by molar-refractivity contribution is -0.135. The molecule has 0 aliphatic heterocycles. The van der Waals surface area contributed by atoms with Gasteiger partial charge in [0.1, 0.15) is 11.9 Å². The number of halogens is 1. The van der Waals surface area contributed by atoms with E-state index in [4.69, 9.17) is 16.3 Å². The summed E-state index contributed by atoms with van der Waals surface area (Å²) in [5.41, 5.74) is -0.0118. The standard InChI is InChI=1S/C19H17ClN6O2/c1-11(19(27)26(2)3)28-18-15(8-21)22-10-17(25-18)24-16-7-12-5-4-6-14(20)13(12)9-23-16/h4-7,9-11H,1-3H3,(H,23,24,25). The second kappa shape index (κ2) is 8.06. The molecule has 0 bridgehead atoms. The van der Waals surface area contributed by atoms with E-state index < -0.39 is 6.10 Å². The first-order valence-electron chi connectivity index (χ1n) is 8.35. The number of carbonyl (C=O) groups is 1. The molecule has 3 rings (SSSR count). The van der Waals surface area contributed by atoms with Crippen molar-refractivity contribution in [3.8, 4) is 11.9 Å². The summed E-state index contributed by atoms with van der Waals surface area (Å²) in [4.78, 5) is 26.0. The topological polar surface area (TPSA) is 104 Å². The summed E-state index contributed by atoms with van der Waals surface area (Å²) in [6, 6.07) is 9.29. The highest BCUT2D eigenvalue weighted by Gasteiger charge is 2.20. The molecule has 3 aromatic rings. The third-order valence-electron chi connectivity index (χ3n) is 3.89. The van der Waals surface area contributed by atoms with Gasteiger partial charge in [-0.05, 0) is 24.4 Å². The molecular formula is C19H17ClN6O2. The zero-order valence-electron chi connectivity index (χ0n) is 15.5. The van der Waals surface area contributed by atoms with Crippen molar-refractivity contribution < 1.29 is 9.53 Å². The summed E-state index contributed by atoms with van der Waals surface area (Å²) in [6.45, 7) is 1.58. The molecule has 0 spiro atoms. The number of hydrogen-bond donors (Lipinski definition) is 1. The van der Waals surface area contributed by atoms with Gasteiger partial charge in [-0.1, -0.05) is 23.7 Å². The van der Waals surface area contributed by atoms with Crippen molar-refractivity contribution in [2.24, 2.45) is 0 Å². The molecule has 8 nitrogen and oxygen atoms in total. The van der Waals surface area contributed by atoms with Crippen molar-refractivity contribution in [2.45, 2.75) is 13.0 Å². The van der Waals surface area contributed by atoms with Crippen LogP contribution < -0.4 is 10.1 Å². The van der Waals surface area contributed by atoms with Crippen molar-refractivity contribution >= 4 is 39.9 Å². The number of amides is 1. The summed E-state index contributed by atoms with van der Waals surface area (Å²) < 4.78 is 5.56. The number of likely N-dealkylation sites (N-methyl/N-ethyl adjacent to an activating group) is 1. The Morgan fingerprint density at radius 1 is 1.29 bits per heavy atom. The molecule has 28 heavy (non-hydrogen) atoms. The summed E-state index contributed by atoms with van der Waals surface area (Å²) in [5, 5.41) is 14.6. The summed E-state index contributed by atoms with van der Waals surface area (Å²) in [6.07, 6.45) is 2.24. The first-order valence-corrected chi connectivity index (χ1v) is 8.73. The molecule has 1 N–H and O–H groups in total. The Kier molecular flexibility index (Phi) is 5.57. The van der Waals surface area contributed by atoms with Crippen LogP contribution in [0.25, 0.3) is 10.8 Å². The van der Waals surface area contributed by atoms with E-state index in [1.165, 1.54) is 11.1 Å². The number of anilines is 2. The Labute approximate surface area is 166 Å². The van der Waals surface area contributed by atoms with Crippen LogP contribution in [0.4, 0.5) is 11.6 Å². The van der Waals surface area contributed by atoms with Crippen molar-refractivity contribution in [1.29, 1.82) is 5.26 Å². The van der Waals surface area contributed by atoms with Gasteiger partial charge in [-0.3, -0.25) is 4.79 Å². The lowest BCUT2D eigenvalue weighted by atomic mass is 10.2. The Bertz CT molecular complexity index is 1080. The number of nitrogens with zero attached hydrogens (tertiary/aromatic N) is 5. The van der Waals surface area contributed by atoms with Gasteiger partial charge in [-0.25, -0.2) is 9.97 Å². The number of benzene rings is 1. The van der Waals surface area contributed by atoms with E-state index in [9.17, 15) is 10.1 Å². The van der Waals surface area contributed by atoms with Gasteiger partial charge in [-0.15, -0.1) is 0 Å². The molecule has 2 aromatic heterocycles. The van der Waals surface area contributed by atoms with E-state index in [1.54, 1.807) is 33.3 Å². The van der Waals surface area contributed by atoms with E-state index in [0.717, 1.165) is 10.8 Å². The Balaban J connectivity index is 1.87. The molecule has 0 saturated carbocycles. The Morgan fingerprint density at radius 2 is 2.07 bits per heavy atom. The lowest BCUT2D eigenvalue weighted by Crippen LogP contribution is -2.35. The molecular weight excluding hydrogens is 380 g/mol. The normalized spacial score (nSPS) is 11.5. The van der Waals surface area contributed by atoms with E-state index in [2.05, 4.69) is 20.3 Å². The maximum absolute atomic E-state index is 12.0. The number of nitrogens with one attached hydrogen (secondary N) is 1. The van der Waals surface area contributed by atoms with Crippen LogP contribution >= 0.6 is 11.6 Å². The molecule has 1 atom stereocenters. The van der Waals surface area contributed by atoms with Gasteiger partial charge >= 0.3 is 0 Å². The van der Waals surface area contributed by atoms with Crippen molar-refractivity contribution in [3.63, 3.8) is 0 Å². The fourth-order valence-electron chi connectivity index (χ4n) is 2.51. The zero-order chi connectivity index (χ0) is 20.3. The van der Waals surface area contributed by atoms with Crippen LogP contribution in [0.5, 0.6) is 5.88 Å². The monoisotopic (exact) mass is 396 g/mol. The number of ether oxygens (including phenoxy) is 1. The minimum atomic E-state index is -0.812.